The first-order chi connectivity index (χ1) is 13.1. The number of amides is 2. The van der Waals surface area contributed by atoms with Gasteiger partial charge in [-0.1, -0.05) is 0 Å². The third-order valence-corrected chi connectivity index (χ3v) is 5.78. The lowest BCUT2D eigenvalue weighted by Gasteiger charge is -2.05. The van der Waals surface area contributed by atoms with Gasteiger partial charge in [-0.2, -0.15) is 0 Å². The van der Waals surface area contributed by atoms with Crippen molar-refractivity contribution in [2.75, 3.05) is 13.1 Å². The highest BCUT2D eigenvalue weighted by Gasteiger charge is 2.09. The summed E-state index contributed by atoms with van der Waals surface area (Å²) in [5, 5.41) is 8.78. The zero-order valence-corrected chi connectivity index (χ0v) is 16.6. The molecule has 0 aromatic carbocycles. The van der Waals surface area contributed by atoms with Gasteiger partial charge in [0.05, 0.1) is 21.8 Å². The standard InChI is InChI=1S/C19H21N3O3S2/c1-13-22-15(12-26-13)17-7-6-14(27-17)8-10-20-18(23)5-2-9-21-19(24)16-4-3-11-25-16/h3-4,6-7,11-12H,2,5,8-10H2,1H3,(H,20,23)(H,21,24). The van der Waals surface area contributed by atoms with Crippen LogP contribution < -0.4 is 10.6 Å². The molecule has 0 unspecified atom stereocenters. The molecule has 0 atom stereocenters. The van der Waals surface area contributed by atoms with E-state index < -0.39 is 0 Å². The highest BCUT2D eigenvalue weighted by atomic mass is 32.1. The molecule has 8 heteroatoms. The number of rotatable bonds is 9. The van der Waals surface area contributed by atoms with Crippen LogP contribution in [0.15, 0.2) is 40.3 Å². The molecular weight excluding hydrogens is 382 g/mol. The zero-order chi connectivity index (χ0) is 19.1. The number of thiazole rings is 1. The van der Waals surface area contributed by atoms with Crippen LogP contribution in [0.25, 0.3) is 10.6 Å². The van der Waals surface area contributed by atoms with Crippen LogP contribution in [-0.2, 0) is 11.2 Å². The normalized spacial score (nSPS) is 10.7. The van der Waals surface area contributed by atoms with Gasteiger partial charge in [0.1, 0.15) is 0 Å². The minimum absolute atomic E-state index is 0.00541. The van der Waals surface area contributed by atoms with Crippen molar-refractivity contribution in [1.29, 1.82) is 0 Å². The summed E-state index contributed by atoms with van der Waals surface area (Å²) in [6.07, 6.45) is 3.22. The number of hydrogen-bond donors (Lipinski definition) is 2. The van der Waals surface area contributed by atoms with Crippen molar-refractivity contribution in [3.05, 3.63) is 51.6 Å². The molecule has 0 saturated heterocycles. The topological polar surface area (TPSA) is 84.2 Å². The van der Waals surface area contributed by atoms with Gasteiger partial charge in [0, 0.05) is 29.8 Å². The Morgan fingerprint density at radius 2 is 2.07 bits per heavy atom. The number of nitrogens with zero attached hydrogens (tertiary/aromatic N) is 1. The molecule has 0 radical (unpaired) electrons. The van der Waals surface area contributed by atoms with E-state index in [2.05, 4.69) is 33.1 Å². The lowest BCUT2D eigenvalue weighted by Crippen LogP contribution is -2.28. The monoisotopic (exact) mass is 403 g/mol. The van der Waals surface area contributed by atoms with Crippen molar-refractivity contribution in [2.24, 2.45) is 0 Å². The van der Waals surface area contributed by atoms with Crippen LogP contribution in [0.1, 0.15) is 33.3 Å². The third-order valence-electron chi connectivity index (χ3n) is 3.84. The molecule has 3 aromatic rings. The van der Waals surface area contributed by atoms with Crippen LogP contribution in [0.5, 0.6) is 0 Å². The molecule has 142 valence electrons. The van der Waals surface area contributed by atoms with Crippen molar-refractivity contribution in [2.45, 2.75) is 26.2 Å². The molecule has 0 spiro atoms. The van der Waals surface area contributed by atoms with E-state index in [4.69, 9.17) is 4.42 Å². The number of thiophene rings is 1. The van der Waals surface area contributed by atoms with Crippen LogP contribution in [0.3, 0.4) is 0 Å². The SMILES string of the molecule is Cc1nc(-c2ccc(CCNC(=O)CCCNC(=O)c3ccco3)s2)cs1. The van der Waals surface area contributed by atoms with Crippen molar-refractivity contribution in [3.8, 4) is 10.6 Å². The zero-order valence-electron chi connectivity index (χ0n) is 15.0. The first-order valence-electron chi connectivity index (χ1n) is 8.71. The van der Waals surface area contributed by atoms with Crippen molar-refractivity contribution < 1.29 is 14.0 Å². The second-order valence-electron chi connectivity index (χ2n) is 5.95. The van der Waals surface area contributed by atoms with Gasteiger partial charge in [0.25, 0.3) is 5.91 Å². The molecular formula is C19H21N3O3S2. The average molecular weight is 404 g/mol. The van der Waals surface area contributed by atoms with Crippen LogP contribution in [0.2, 0.25) is 0 Å². The van der Waals surface area contributed by atoms with E-state index in [1.165, 1.54) is 11.1 Å². The van der Waals surface area contributed by atoms with E-state index >= 15 is 0 Å². The number of furan rings is 1. The molecule has 27 heavy (non-hydrogen) atoms. The lowest BCUT2D eigenvalue weighted by molar-refractivity contribution is -0.121. The fraction of sp³-hybridized carbons (Fsp3) is 0.316. The minimum atomic E-state index is -0.260. The second-order valence-corrected chi connectivity index (χ2v) is 8.18. The van der Waals surface area contributed by atoms with E-state index in [0.717, 1.165) is 22.0 Å². The fourth-order valence-corrected chi connectivity index (χ4v) is 4.14. The largest absolute Gasteiger partial charge is 0.459 e. The predicted molar refractivity (Wildman–Crippen MR) is 107 cm³/mol. The Balaban J connectivity index is 1.30. The molecule has 0 aliphatic rings. The summed E-state index contributed by atoms with van der Waals surface area (Å²) < 4.78 is 5.01. The quantitative estimate of drug-likeness (QED) is 0.534. The summed E-state index contributed by atoms with van der Waals surface area (Å²) in [6, 6.07) is 7.44. The summed E-state index contributed by atoms with van der Waals surface area (Å²) in [7, 11) is 0. The Labute approximate surface area is 165 Å². The Hall–Kier alpha value is -2.45. The molecule has 2 amide bonds. The molecule has 0 fully saturated rings. The molecule has 0 bridgehead atoms. The summed E-state index contributed by atoms with van der Waals surface area (Å²) >= 11 is 3.36. The lowest BCUT2D eigenvalue weighted by atomic mass is 10.2. The fourth-order valence-electron chi connectivity index (χ4n) is 2.49. The third kappa shape index (κ3) is 5.77. The van der Waals surface area contributed by atoms with Crippen LogP contribution in [0.4, 0.5) is 0 Å². The van der Waals surface area contributed by atoms with Crippen LogP contribution in [-0.4, -0.2) is 29.9 Å². The smallest absolute Gasteiger partial charge is 0.286 e. The Morgan fingerprint density at radius 3 is 2.81 bits per heavy atom. The molecule has 3 heterocycles. The number of aromatic nitrogens is 1. The number of hydrogen-bond acceptors (Lipinski definition) is 6. The summed E-state index contributed by atoms with van der Waals surface area (Å²) in [5.41, 5.74) is 1.02. The van der Waals surface area contributed by atoms with Gasteiger partial charge in [0.15, 0.2) is 5.76 Å². The van der Waals surface area contributed by atoms with Gasteiger partial charge < -0.3 is 15.1 Å². The van der Waals surface area contributed by atoms with Gasteiger partial charge in [-0.3, -0.25) is 9.59 Å². The van der Waals surface area contributed by atoms with E-state index in [1.54, 1.807) is 34.8 Å². The molecule has 2 N–H and O–H groups in total. The highest BCUT2D eigenvalue weighted by Crippen LogP contribution is 2.29. The molecule has 0 aliphatic carbocycles. The number of aryl methyl sites for hydroxylation is 1. The van der Waals surface area contributed by atoms with E-state index in [-0.39, 0.29) is 17.6 Å². The van der Waals surface area contributed by atoms with Gasteiger partial charge in [-0.25, -0.2) is 4.98 Å². The second kappa shape index (κ2) is 9.48. The first kappa shape index (κ1) is 19.3. The Bertz CT molecular complexity index is 884. The number of carbonyl (C=O) groups excluding carboxylic acids is 2. The Kier molecular flexibility index (Phi) is 6.78. The average Bonchev–Trinajstić information content (AvgIpc) is 3.39. The minimum Gasteiger partial charge on any atom is -0.459 e. The summed E-state index contributed by atoms with van der Waals surface area (Å²) in [6.45, 7) is 3.04. The Morgan fingerprint density at radius 1 is 1.19 bits per heavy atom. The maximum atomic E-state index is 11.9. The molecule has 3 rings (SSSR count). The van der Waals surface area contributed by atoms with Crippen LogP contribution in [0, 0.1) is 6.92 Å². The van der Waals surface area contributed by atoms with E-state index in [0.29, 0.717) is 25.9 Å². The first-order valence-corrected chi connectivity index (χ1v) is 10.4. The number of carbonyl (C=O) groups is 2. The summed E-state index contributed by atoms with van der Waals surface area (Å²) in [5.74, 6) is 0.0148. The van der Waals surface area contributed by atoms with E-state index in [9.17, 15) is 9.59 Å². The summed E-state index contributed by atoms with van der Waals surface area (Å²) in [4.78, 5) is 30.4. The van der Waals surface area contributed by atoms with Crippen molar-refractivity contribution >= 4 is 34.5 Å². The maximum Gasteiger partial charge on any atom is 0.286 e. The predicted octanol–water partition coefficient (Wildman–Crippen LogP) is 3.64. The van der Waals surface area contributed by atoms with E-state index in [1.807, 2.05) is 6.92 Å². The van der Waals surface area contributed by atoms with Crippen LogP contribution >= 0.6 is 22.7 Å². The highest BCUT2D eigenvalue weighted by molar-refractivity contribution is 7.16. The molecule has 3 aromatic heterocycles. The van der Waals surface area contributed by atoms with Gasteiger partial charge in [0.2, 0.25) is 5.91 Å². The van der Waals surface area contributed by atoms with Crippen molar-refractivity contribution in [1.82, 2.24) is 15.6 Å². The molecule has 0 aliphatic heterocycles. The molecule has 6 nitrogen and oxygen atoms in total. The van der Waals surface area contributed by atoms with Gasteiger partial charge in [-0.05, 0) is 44.0 Å². The maximum absolute atomic E-state index is 11.9. The number of nitrogens with one attached hydrogen (secondary N) is 2. The molecule has 0 saturated carbocycles. The van der Waals surface area contributed by atoms with Crippen molar-refractivity contribution in [3.63, 3.8) is 0 Å². The van der Waals surface area contributed by atoms with Gasteiger partial charge in [-0.15, -0.1) is 22.7 Å². The van der Waals surface area contributed by atoms with Gasteiger partial charge >= 0.3 is 0 Å².